The Morgan fingerprint density at radius 3 is 2.69 bits per heavy atom. The van der Waals surface area contributed by atoms with Crippen molar-refractivity contribution in [2.75, 3.05) is 6.61 Å². The Kier molecular flexibility index (Phi) is 7.44. The summed E-state index contributed by atoms with van der Waals surface area (Å²) >= 11 is 0. The van der Waals surface area contributed by atoms with Crippen molar-refractivity contribution in [3.63, 3.8) is 0 Å². The highest BCUT2D eigenvalue weighted by Gasteiger charge is 2.20. The first-order valence-corrected chi connectivity index (χ1v) is 5.05. The molecule has 0 amide bonds. The molecule has 0 saturated carbocycles. The van der Waals surface area contributed by atoms with Gasteiger partial charge < -0.3 is 4.74 Å². The second-order valence-electron chi connectivity index (χ2n) is 2.71. The van der Waals surface area contributed by atoms with E-state index in [0.717, 1.165) is 19.4 Å². The third-order valence-corrected chi connectivity index (χ3v) is 1.93. The highest BCUT2D eigenvalue weighted by atomic mass is 16.5. The third kappa shape index (κ3) is 4.15. The Labute approximate surface area is 82.2 Å². The molecule has 0 aromatic heterocycles. The molecule has 1 rings (SSSR count). The van der Waals surface area contributed by atoms with Crippen molar-refractivity contribution in [3.8, 4) is 11.8 Å². The Balaban J connectivity index is 0.000000671. The van der Waals surface area contributed by atoms with E-state index >= 15 is 0 Å². The molecule has 1 saturated heterocycles. The molecule has 1 aliphatic heterocycles. The van der Waals surface area contributed by atoms with Crippen molar-refractivity contribution in [3.05, 3.63) is 12.7 Å². The van der Waals surface area contributed by atoms with Crippen molar-refractivity contribution >= 4 is 0 Å². The first-order valence-electron chi connectivity index (χ1n) is 5.05. The molecule has 1 aliphatic rings. The van der Waals surface area contributed by atoms with Gasteiger partial charge in [0.25, 0.3) is 0 Å². The van der Waals surface area contributed by atoms with Crippen LogP contribution in [-0.2, 0) is 4.74 Å². The summed E-state index contributed by atoms with van der Waals surface area (Å²) in [6, 6.07) is 0. The van der Waals surface area contributed by atoms with E-state index in [4.69, 9.17) is 4.74 Å². The van der Waals surface area contributed by atoms with E-state index in [-0.39, 0.29) is 6.10 Å². The summed E-state index contributed by atoms with van der Waals surface area (Å²) in [5.74, 6) is 6.44. The maximum Gasteiger partial charge on any atom is 0.0890 e. The van der Waals surface area contributed by atoms with Gasteiger partial charge in [-0.05, 0) is 19.8 Å². The fraction of sp³-hybridized carbons (Fsp3) is 0.667. The normalized spacial score (nSPS) is 26.1. The summed E-state index contributed by atoms with van der Waals surface area (Å²) in [4.78, 5) is 0. The van der Waals surface area contributed by atoms with Crippen LogP contribution >= 0.6 is 0 Å². The fourth-order valence-corrected chi connectivity index (χ4v) is 1.38. The topological polar surface area (TPSA) is 9.23 Å². The quantitative estimate of drug-likeness (QED) is 0.445. The summed E-state index contributed by atoms with van der Waals surface area (Å²) in [5, 5.41) is 0. The van der Waals surface area contributed by atoms with E-state index < -0.39 is 0 Å². The van der Waals surface area contributed by atoms with Gasteiger partial charge in [-0.25, -0.2) is 0 Å². The fourth-order valence-electron chi connectivity index (χ4n) is 1.38. The lowest BCUT2D eigenvalue weighted by Gasteiger charge is -2.25. The number of ether oxygens (including phenoxy) is 1. The smallest absolute Gasteiger partial charge is 0.0890 e. The molecule has 1 heteroatoms. The van der Waals surface area contributed by atoms with Crippen LogP contribution in [0.4, 0.5) is 0 Å². The van der Waals surface area contributed by atoms with Crippen molar-refractivity contribution in [2.45, 2.75) is 39.7 Å². The lowest BCUT2D eigenvalue weighted by atomic mass is 9.95. The van der Waals surface area contributed by atoms with Crippen LogP contribution in [0.15, 0.2) is 12.7 Å². The molecule has 0 N–H and O–H groups in total. The van der Waals surface area contributed by atoms with Gasteiger partial charge in [0.15, 0.2) is 0 Å². The van der Waals surface area contributed by atoms with Crippen LogP contribution in [0, 0.1) is 17.8 Å². The van der Waals surface area contributed by atoms with Crippen LogP contribution in [0.1, 0.15) is 33.6 Å². The minimum atomic E-state index is 0.163. The van der Waals surface area contributed by atoms with E-state index in [0.29, 0.717) is 5.92 Å². The van der Waals surface area contributed by atoms with Crippen LogP contribution in [0.2, 0.25) is 0 Å². The summed E-state index contributed by atoms with van der Waals surface area (Å²) < 4.78 is 5.47. The maximum absolute atomic E-state index is 5.47. The number of rotatable bonds is 1. The Morgan fingerprint density at radius 1 is 1.46 bits per heavy atom. The largest absolute Gasteiger partial charge is 0.373 e. The minimum Gasteiger partial charge on any atom is -0.373 e. The standard InChI is InChI=1S/C10H14O.C2H6/c1-3-6-9-7-5-8-11-10(9)4-2;1-2/h4,9-10H,2,5,7-8H2,1H3;1-2H3. The van der Waals surface area contributed by atoms with Gasteiger partial charge in [-0.3, -0.25) is 0 Å². The van der Waals surface area contributed by atoms with Gasteiger partial charge in [0, 0.05) is 6.61 Å². The molecular formula is C12H20O. The molecule has 74 valence electrons. The monoisotopic (exact) mass is 180 g/mol. The van der Waals surface area contributed by atoms with Crippen molar-refractivity contribution < 1.29 is 4.74 Å². The van der Waals surface area contributed by atoms with E-state index in [1.165, 1.54) is 0 Å². The van der Waals surface area contributed by atoms with Crippen LogP contribution in [0.3, 0.4) is 0 Å². The summed E-state index contributed by atoms with van der Waals surface area (Å²) in [5.41, 5.74) is 0. The van der Waals surface area contributed by atoms with Crippen LogP contribution in [0.25, 0.3) is 0 Å². The summed E-state index contributed by atoms with van der Waals surface area (Å²) in [6.45, 7) is 10.5. The van der Waals surface area contributed by atoms with Gasteiger partial charge >= 0.3 is 0 Å². The molecule has 0 radical (unpaired) electrons. The van der Waals surface area contributed by atoms with Crippen molar-refractivity contribution in [1.29, 1.82) is 0 Å². The lowest BCUT2D eigenvalue weighted by molar-refractivity contribution is 0.0229. The van der Waals surface area contributed by atoms with Crippen molar-refractivity contribution in [2.24, 2.45) is 5.92 Å². The molecule has 0 aliphatic carbocycles. The molecule has 2 unspecified atom stereocenters. The van der Waals surface area contributed by atoms with Gasteiger partial charge in [0.2, 0.25) is 0 Å². The minimum absolute atomic E-state index is 0.163. The molecule has 13 heavy (non-hydrogen) atoms. The van der Waals surface area contributed by atoms with Crippen LogP contribution in [0.5, 0.6) is 0 Å². The second-order valence-corrected chi connectivity index (χ2v) is 2.71. The van der Waals surface area contributed by atoms with Crippen molar-refractivity contribution in [1.82, 2.24) is 0 Å². The Hall–Kier alpha value is -0.740. The van der Waals surface area contributed by atoms with E-state index in [2.05, 4.69) is 18.4 Å². The second kappa shape index (κ2) is 7.89. The third-order valence-electron chi connectivity index (χ3n) is 1.93. The summed E-state index contributed by atoms with van der Waals surface area (Å²) in [6.07, 6.45) is 4.30. The predicted molar refractivity (Wildman–Crippen MR) is 57.5 cm³/mol. The Bertz CT molecular complexity index is 185. The average molecular weight is 180 g/mol. The maximum atomic E-state index is 5.47. The predicted octanol–water partition coefficient (Wildman–Crippen LogP) is 3.02. The van der Waals surface area contributed by atoms with Gasteiger partial charge in [0.05, 0.1) is 12.0 Å². The van der Waals surface area contributed by atoms with E-state index in [1.807, 2.05) is 26.8 Å². The molecule has 0 spiro atoms. The SMILES string of the molecule is C=CC1OCCCC1C#CC.CC. The molecule has 1 fully saturated rings. The van der Waals surface area contributed by atoms with E-state index in [1.54, 1.807) is 0 Å². The molecule has 0 aromatic rings. The highest BCUT2D eigenvalue weighted by molar-refractivity contribution is 5.08. The molecule has 0 bridgehead atoms. The van der Waals surface area contributed by atoms with Gasteiger partial charge in [-0.15, -0.1) is 12.5 Å². The highest BCUT2D eigenvalue weighted by Crippen LogP contribution is 2.20. The molecule has 1 nitrogen and oxygen atoms in total. The zero-order valence-electron chi connectivity index (χ0n) is 8.97. The Morgan fingerprint density at radius 2 is 2.15 bits per heavy atom. The molecule has 2 atom stereocenters. The number of hydrogen-bond donors (Lipinski definition) is 0. The van der Waals surface area contributed by atoms with Gasteiger partial charge in [0.1, 0.15) is 0 Å². The van der Waals surface area contributed by atoms with Gasteiger partial charge in [-0.1, -0.05) is 25.8 Å². The zero-order chi connectivity index (χ0) is 10.1. The van der Waals surface area contributed by atoms with Gasteiger partial charge in [-0.2, -0.15) is 0 Å². The first kappa shape index (κ1) is 12.3. The number of hydrogen-bond acceptors (Lipinski definition) is 1. The molecule has 0 aromatic carbocycles. The van der Waals surface area contributed by atoms with Crippen LogP contribution < -0.4 is 0 Å². The summed E-state index contributed by atoms with van der Waals surface area (Å²) in [7, 11) is 0. The average Bonchev–Trinajstić information content (AvgIpc) is 2.22. The first-order chi connectivity index (χ1) is 6.38. The lowest BCUT2D eigenvalue weighted by Crippen LogP contribution is -2.26. The van der Waals surface area contributed by atoms with Crippen LogP contribution in [-0.4, -0.2) is 12.7 Å². The zero-order valence-corrected chi connectivity index (χ0v) is 8.97. The van der Waals surface area contributed by atoms with E-state index in [9.17, 15) is 0 Å². The molecular weight excluding hydrogens is 160 g/mol. The molecule has 1 heterocycles.